The van der Waals surface area contributed by atoms with Gasteiger partial charge < -0.3 is 9.42 Å². The van der Waals surface area contributed by atoms with Gasteiger partial charge in [-0.2, -0.15) is 0 Å². The number of carbonyl (C=O) groups is 1. The fourth-order valence-corrected chi connectivity index (χ4v) is 4.02. The van der Waals surface area contributed by atoms with E-state index in [1.54, 1.807) is 6.07 Å². The van der Waals surface area contributed by atoms with Crippen molar-refractivity contribution in [1.82, 2.24) is 15.0 Å². The number of benzene rings is 1. The predicted molar refractivity (Wildman–Crippen MR) is 94.2 cm³/mol. The van der Waals surface area contributed by atoms with E-state index in [4.69, 9.17) is 4.52 Å². The first kappa shape index (κ1) is 15.2. The molecular weight excluding hydrogens is 324 g/mol. The summed E-state index contributed by atoms with van der Waals surface area (Å²) in [4.78, 5) is 17.7. The van der Waals surface area contributed by atoms with Crippen molar-refractivity contribution in [1.29, 1.82) is 0 Å². The van der Waals surface area contributed by atoms with Crippen molar-refractivity contribution < 1.29 is 9.32 Å². The lowest BCUT2D eigenvalue weighted by Gasteiger charge is -2.34. The molecule has 1 saturated heterocycles. The van der Waals surface area contributed by atoms with Crippen molar-refractivity contribution in [3.63, 3.8) is 0 Å². The molecule has 1 aliphatic heterocycles. The highest BCUT2D eigenvalue weighted by Crippen LogP contribution is 2.26. The van der Waals surface area contributed by atoms with E-state index in [2.05, 4.69) is 45.7 Å². The average molecular weight is 342 g/mol. The van der Waals surface area contributed by atoms with E-state index in [0.717, 1.165) is 19.6 Å². The van der Waals surface area contributed by atoms with Crippen molar-refractivity contribution in [2.75, 3.05) is 31.5 Å². The molecule has 2 amide bonds. The first-order chi connectivity index (χ1) is 11.8. The quantitative estimate of drug-likeness (QED) is 0.794. The minimum Gasteiger partial charge on any atom is -0.363 e. The maximum Gasteiger partial charge on any atom is 0.323 e. The molecule has 0 atom stereocenters. The highest BCUT2D eigenvalue weighted by atomic mass is 32.1. The number of hydrogen-bond acceptors (Lipinski definition) is 5. The van der Waals surface area contributed by atoms with Gasteiger partial charge in [-0.05, 0) is 17.5 Å². The van der Waals surface area contributed by atoms with E-state index in [1.165, 1.54) is 21.2 Å². The molecule has 124 valence electrons. The van der Waals surface area contributed by atoms with Gasteiger partial charge in [0.25, 0.3) is 0 Å². The summed E-state index contributed by atoms with van der Waals surface area (Å²) >= 11 is 1.85. The van der Waals surface area contributed by atoms with E-state index in [0.29, 0.717) is 18.9 Å². The third kappa shape index (κ3) is 3.27. The summed E-state index contributed by atoms with van der Waals surface area (Å²) in [5.41, 5.74) is 0. The van der Waals surface area contributed by atoms with Crippen molar-refractivity contribution in [3.8, 4) is 0 Å². The fraction of sp³-hybridized carbons (Fsp3) is 0.294. The lowest BCUT2D eigenvalue weighted by Crippen LogP contribution is -2.49. The van der Waals surface area contributed by atoms with E-state index >= 15 is 0 Å². The number of urea groups is 1. The molecule has 0 unspecified atom stereocenters. The molecule has 1 fully saturated rings. The number of aromatic nitrogens is 1. The Morgan fingerprint density at radius 1 is 1.21 bits per heavy atom. The molecule has 0 spiro atoms. The van der Waals surface area contributed by atoms with Crippen LogP contribution in [0.1, 0.15) is 4.88 Å². The van der Waals surface area contributed by atoms with Gasteiger partial charge in [0.05, 0.1) is 0 Å². The first-order valence-electron chi connectivity index (χ1n) is 7.94. The molecule has 3 aromatic rings. The number of anilines is 1. The Labute approximate surface area is 143 Å². The van der Waals surface area contributed by atoms with Crippen LogP contribution in [0.25, 0.3) is 10.1 Å². The zero-order chi connectivity index (χ0) is 16.4. The minimum atomic E-state index is -0.120. The van der Waals surface area contributed by atoms with Crippen LogP contribution < -0.4 is 5.32 Å². The zero-order valence-electron chi connectivity index (χ0n) is 13.1. The van der Waals surface area contributed by atoms with Gasteiger partial charge in [0.15, 0.2) is 5.82 Å². The summed E-state index contributed by atoms with van der Waals surface area (Å²) in [6.45, 7) is 4.13. The molecule has 1 aromatic carbocycles. The van der Waals surface area contributed by atoms with E-state index in [1.807, 2.05) is 16.2 Å². The van der Waals surface area contributed by atoms with Crippen molar-refractivity contribution in [2.24, 2.45) is 0 Å². The van der Waals surface area contributed by atoms with Gasteiger partial charge >= 0.3 is 6.03 Å². The summed E-state index contributed by atoms with van der Waals surface area (Å²) in [7, 11) is 0. The van der Waals surface area contributed by atoms with Gasteiger partial charge in [0.2, 0.25) is 0 Å². The average Bonchev–Trinajstić information content (AvgIpc) is 3.24. The number of thiophene rings is 1. The second-order valence-electron chi connectivity index (χ2n) is 5.83. The number of rotatable bonds is 3. The van der Waals surface area contributed by atoms with E-state index in [-0.39, 0.29) is 6.03 Å². The Balaban J connectivity index is 1.31. The molecule has 0 radical (unpaired) electrons. The predicted octanol–water partition coefficient (Wildman–Crippen LogP) is 3.24. The smallest absolute Gasteiger partial charge is 0.323 e. The summed E-state index contributed by atoms with van der Waals surface area (Å²) < 4.78 is 6.05. The molecule has 4 rings (SSSR count). The second-order valence-corrected chi connectivity index (χ2v) is 7.00. The molecule has 24 heavy (non-hydrogen) atoms. The van der Waals surface area contributed by atoms with Gasteiger partial charge in [-0.15, -0.1) is 11.3 Å². The molecule has 3 heterocycles. The first-order valence-corrected chi connectivity index (χ1v) is 8.76. The van der Waals surface area contributed by atoms with Gasteiger partial charge in [-0.1, -0.05) is 23.4 Å². The third-order valence-corrected chi connectivity index (χ3v) is 5.29. The Morgan fingerprint density at radius 3 is 2.79 bits per heavy atom. The Kier molecular flexibility index (Phi) is 4.18. The van der Waals surface area contributed by atoms with Crippen LogP contribution in [-0.4, -0.2) is 47.2 Å². The van der Waals surface area contributed by atoms with E-state index < -0.39 is 0 Å². The summed E-state index contributed by atoms with van der Waals surface area (Å²) in [6, 6.07) is 12.3. The number of piperazine rings is 1. The molecule has 2 aromatic heterocycles. The molecule has 0 saturated carbocycles. The number of hydrogen-bond donors (Lipinski definition) is 1. The Morgan fingerprint density at radius 2 is 2.04 bits per heavy atom. The van der Waals surface area contributed by atoms with Crippen LogP contribution in [0.3, 0.4) is 0 Å². The lowest BCUT2D eigenvalue weighted by atomic mass is 10.2. The van der Waals surface area contributed by atoms with Gasteiger partial charge in [0, 0.05) is 48.4 Å². The zero-order valence-corrected chi connectivity index (χ0v) is 14.0. The van der Waals surface area contributed by atoms with Crippen LogP contribution in [0, 0.1) is 0 Å². The third-order valence-electron chi connectivity index (χ3n) is 4.19. The maximum absolute atomic E-state index is 12.2. The Bertz CT molecular complexity index is 789. The highest BCUT2D eigenvalue weighted by Gasteiger charge is 2.22. The largest absolute Gasteiger partial charge is 0.363 e. The standard InChI is InChI=1S/C17H18N4O2S/c22-17(18-16-5-10-23-19-16)21-8-6-20(7-9-21)12-14-11-13-3-1-2-4-15(13)24-14/h1-5,10-11H,6-9,12H2,(H,18,19,22). The van der Waals surface area contributed by atoms with Crippen molar-refractivity contribution >= 4 is 33.3 Å². The molecular formula is C17H18N4O2S. The van der Waals surface area contributed by atoms with Crippen LogP contribution in [0.15, 0.2) is 47.2 Å². The van der Waals surface area contributed by atoms with E-state index in [9.17, 15) is 4.79 Å². The molecule has 1 N–H and O–H groups in total. The van der Waals surface area contributed by atoms with Crippen LogP contribution in [-0.2, 0) is 6.54 Å². The topological polar surface area (TPSA) is 61.6 Å². The van der Waals surface area contributed by atoms with Crippen LogP contribution >= 0.6 is 11.3 Å². The van der Waals surface area contributed by atoms with Gasteiger partial charge in [-0.25, -0.2) is 4.79 Å². The molecule has 1 aliphatic rings. The lowest BCUT2D eigenvalue weighted by molar-refractivity contribution is 0.143. The summed E-state index contributed by atoms with van der Waals surface area (Å²) in [5, 5.41) is 7.75. The van der Waals surface area contributed by atoms with Gasteiger partial charge in [-0.3, -0.25) is 10.2 Å². The summed E-state index contributed by atoms with van der Waals surface area (Å²) in [5.74, 6) is 0.452. The molecule has 0 bridgehead atoms. The molecule has 0 aliphatic carbocycles. The highest BCUT2D eigenvalue weighted by molar-refractivity contribution is 7.19. The fourth-order valence-electron chi connectivity index (χ4n) is 2.91. The van der Waals surface area contributed by atoms with Crippen LogP contribution in [0.4, 0.5) is 10.6 Å². The monoisotopic (exact) mass is 342 g/mol. The minimum absolute atomic E-state index is 0.120. The van der Waals surface area contributed by atoms with Crippen molar-refractivity contribution in [3.05, 3.63) is 47.5 Å². The summed E-state index contributed by atoms with van der Waals surface area (Å²) in [6.07, 6.45) is 1.44. The molecule has 7 heteroatoms. The number of nitrogens with zero attached hydrogens (tertiary/aromatic N) is 3. The van der Waals surface area contributed by atoms with Gasteiger partial charge in [0.1, 0.15) is 6.26 Å². The molecule has 6 nitrogen and oxygen atoms in total. The number of amides is 2. The Hall–Kier alpha value is -2.38. The number of carbonyl (C=O) groups excluding carboxylic acids is 1. The number of fused-ring (bicyclic) bond motifs is 1. The SMILES string of the molecule is O=C(Nc1ccon1)N1CCN(Cc2cc3ccccc3s2)CC1. The van der Waals surface area contributed by atoms with Crippen LogP contribution in [0.2, 0.25) is 0 Å². The number of nitrogens with one attached hydrogen (secondary N) is 1. The van der Waals surface area contributed by atoms with Crippen molar-refractivity contribution in [2.45, 2.75) is 6.54 Å². The maximum atomic E-state index is 12.2. The van der Waals surface area contributed by atoms with Crippen LogP contribution in [0.5, 0.6) is 0 Å². The normalized spacial score (nSPS) is 15.8. The second kappa shape index (κ2) is 6.62.